The van der Waals surface area contributed by atoms with E-state index in [0.29, 0.717) is 45.9 Å². The van der Waals surface area contributed by atoms with Crippen molar-refractivity contribution < 1.29 is 19.1 Å². The van der Waals surface area contributed by atoms with Gasteiger partial charge in [-0.15, -0.1) is 0 Å². The largest absolute Gasteiger partial charge is 0.457 e. The van der Waals surface area contributed by atoms with Crippen LogP contribution in [0, 0.1) is 0 Å². The van der Waals surface area contributed by atoms with Crippen molar-refractivity contribution in [1.82, 2.24) is 0 Å². The first-order chi connectivity index (χ1) is 19.5. The molecule has 0 spiro atoms. The Morgan fingerprint density at radius 2 is 1.05 bits per heavy atom. The van der Waals surface area contributed by atoms with Gasteiger partial charge >= 0.3 is 0 Å². The second-order valence-electron chi connectivity index (χ2n) is 9.58. The van der Waals surface area contributed by atoms with E-state index in [2.05, 4.69) is 4.99 Å². The fourth-order valence-corrected chi connectivity index (χ4v) is 4.70. The van der Waals surface area contributed by atoms with Gasteiger partial charge in [0.25, 0.3) is 0 Å². The molecular formula is C35H25NO4. The highest BCUT2D eigenvalue weighted by Crippen LogP contribution is 2.34. The van der Waals surface area contributed by atoms with Crippen LogP contribution in [0.25, 0.3) is 0 Å². The van der Waals surface area contributed by atoms with Crippen molar-refractivity contribution in [1.29, 1.82) is 0 Å². The van der Waals surface area contributed by atoms with Crippen LogP contribution in [0.5, 0.6) is 23.0 Å². The van der Waals surface area contributed by atoms with Gasteiger partial charge in [0.05, 0.1) is 5.69 Å². The zero-order chi connectivity index (χ0) is 27.5. The number of para-hydroxylation sites is 2. The molecule has 1 aliphatic heterocycles. The Kier molecular flexibility index (Phi) is 6.77. The lowest BCUT2D eigenvalue weighted by Gasteiger charge is -2.12. The first-order valence-electron chi connectivity index (χ1n) is 13.0. The predicted molar refractivity (Wildman–Crippen MR) is 156 cm³/mol. The normalized spacial score (nSPS) is 11.9. The van der Waals surface area contributed by atoms with Gasteiger partial charge in [-0.05, 0) is 97.4 Å². The SMILES string of the molecule is CC1=Nc2cc(C(=O)c3ccc(Oc4ccccc4)cc3)cc(C(=O)c3ccc(Oc4ccccc4)cc3)c2C1. The molecule has 5 nitrogen and oxygen atoms in total. The van der Waals surface area contributed by atoms with E-state index in [9.17, 15) is 9.59 Å². The van der Waals surface area contributed by atoms with Crippen molar-refractivity contribution in [3.8, 4) is 23.0 Å². The molecule has 0 bridgehead atoms. The van der Waals surface area contributed by atoms with E-state index in [0.717, 1.165) is 22.8 Å². The van der Waals surface area contributed by atoms with E-state index in [1.54, 1.807) is 60.7 Å². The minimum atomic E-state index is -0.186. The van der Waals surface area contributed by atoms with E-state index >= 15 is 0 Å². The number of benzene rings is 5. The molecule has 5 aromatic carbocycles. The van der Waals surface area contributed by atoms with Crippen molar-refractivity contribution >= 4 is 23.0 Å². The predicted octanol–water partition coefficient (Wildman–Crippen LogP) is 8.38. The maximum absolute atomic E-state index is 13.7. The number of rotatable bonds is 8. The molecular weight excluding hydrogens is 498 g/mol. The van der Waals surface area contributed by atoms with Crippen LogP contribution in [0.2, 0.25) is 0 Å². The topological polar surface area (TPSA) is 65.0 Å². The molecule has 40 heavy (non-hydrogen) atoms. The molecule has 0 saturated heterocycles. The highest BCUT2D eigenvalue weighted by Gasteiger charge is 2.24. The molecule has 5 aromatic rings. The third kappa shape index (κ3) is 5.31. The summed E-state index contributed by atoms with van der Waals surface area (Å²) in [6.45, 7) is 1.93. The first-order valence-corrected chi connectivity index (χ1v) is 13.0. The average Bonchev–Trinajstić information content (AvgIpc) is 3.38. The molecule has 0 atom stereocenters. The number of ether oxygens (including phenoxy) is 2. The van der Waals surface area contributed by atoms with Crippen LogP contribution in [-0.4, -0.2) is 17.3 Å². The number of hydrogen-bond acceptors (Lipinski definition) is 5. The van der Waals surface area contributed by atoms with Crippen molar-refractivity contribution in [3.63, 3.8) is 0 Å². The maximum atomic E-state index is 13.7. The summed E-state index contributed by atoms with van der Waals surface area (Å²) in [5, 5.41) is 0. The molecule has 0 fully saturated rings. The van der Waals surface area contributed by atoms with Gasteiger partial charge in [-0.3, -0.25) is 14.6 Å². The van der Waals surface area contributed by atoms with Crippen LogP contribution in [0.4, 0.5) is 5.69 Å². The highest BCUT2D eigenvalue weighted by atomic mass is 16.5. The Morgan fingerprint density at radius 3 is 1.57 bits per heavy atom. The van der Waals surface area contributed by atoms with Gasteiger partial charge in [-0.1, -0.05) is 36.4 Å². The monoisotopic (exact) mass is 523 g/mol. The van der Waals surface area contributed by atoms with E-state index in [4.69, 9.17) is 9.47 Å². The number of fused-ring (bicyclic) bond motifs is 1. The lowest BCUT2D eigenvalue weighted by molar-refractivity contribution is 0.103. The third-order valence-electron chi connectivity index (χ3n) is 6.67. The molecule has 6 rings (SSSR count). The molecule has 0 aliphatic carbocycles. The van der Waals surface area contributed by atoms with Gasteiger partial charge in [-0.2, -0.15) is 0 Å². The Labute approximate surface area is 232 Å². The van der Waals surface area contributed by atoms with Crippen molar-refractivity contribution in [2.45, 2.75) is 13.3 Å². The number of ketones is 2. The first kappa shape index (κ1) is 25.0. The maximum Gasteiger partial charge on any atom is 0.193 e. The quantitative estimate of drug-likeness (QED) is 0.192. The molecule has 0 unspecified atom stereocenters. The fraction of sp³-hybridized carbons (Fsp3) is 0.0571. The summed E-state index contributed by atoms with van der Waals surface area (Å²) in [5.41, 5.74) is 4.33. The summed E-state index contributed by atoms with van der Waals surface area (Å²) < 4.78 is 11.7. The summed E-state index contributed by atoms with van der Waals surface area (Å²) in [6, 6.07) is 36.4. The van der Waals surface area contributed by atoms with Crippen LogP contribution in [-0.2, 0) is 6.42 Å². The summed E-state index contributed by atoms with van der Waals surface area (Å²) in [7, 11) is 0. The number of carbonyl (C=O) groups excluding carboxylic acids is 2. The smallest absolute Gasteiger partial charge is 0.193 e. The molecule has 0 amide bonds. The molecule has 0 saturated carbocycles. The van der Waals surface area contributed by atoms with Gasteiger partial charge in [0, 0.05) is 34.4 Å². The Bertz CT molecular complexity index is 1720. The zero-order valence-electron chi connectivity index (χ0n) is 21.8. The van der Waals surface area contributed by atoms with Gasteiger partial charge in [0.15, 0.2) is 11.6 Å². The summed E-state index contributed by atoms with van der Waals surface area (Å²) in [6.07, 6.45) is 0.575. The van der Waals surface area contributed by atoms with Gasteiger partial charge < -0.3 is 9.47 Å². The van der Waals surface area contributed by atoms with Crippen molar-refractivity contribution in [2.75, 3.05) is 0 Å². The second-order valence-corrected chi connectivity index (χ2v) is 9.58. The number of aliphatic imine (C=N–C) groups is 1. The summed E-state index contributed by atoms with van der Waals surface area (Å²) >= 11 is 0. The minimum Gasteiger partial charge on any atom is -0.457 e. The van der Waals surface area contributed by atoms with E-state index in [1.807, 2.05) is 67.6 Å². The Morgan fingerprint density at radius 1 is 0.575 bits per heavy atom. The third-order valence-corrected chi connectivity index (χ3v) is 6.67. The molecule has 0 aromatic heterocycles. The number of nitrogens with zero attached hydrogens (tertiary/aromatic N) is 1. The molecule has 0 N–H and O–H groups in total. The van der Waals surface area contributed by atoms with Crippen molar-refractivity contribution in [3.05, 3.63) is 149 Å². The fourth-order valence-electron chi connectivity index (χ4n) is 4.70. The minimum absolute atomic E-state index is 0.159. The van der Waals surface area contributed by atoms with Crippen LogP contribution in [0.15, 0.2) is 126 Å². The lowest BCUT2D eigenvalue weighted by atomic mass is 9.91. The van der Waals surface area contributed by atoms with E-state index < -0.39 is 0 Å². The van der Waals surface area contributed by atoms with Crippen molar-refractivity contribution in [2.24, 2.45) is 4.99 Å². The summed E-state index contributed by atoms with van der Waals surface area (Å²) in [5.74, 6) is 2.36. The lowest BCUT2D eigenvalue weighted by Crippen LogP contribution is -2.09. The van der Waals surface area contributed by atoms with Gasteiger partial charge in [0.2, 0.25) is 0 Å². The summed E-state index contributed by atoms with van der Waals surface area (Å²) in [4.78, 5) is 31.8. The molecule has 1 aliphatic rings. The number of carbonyl (C=O) groups is 2. The van der Waals surface area contributed by atoms with E-state index in [-0.39, 0.29) is 11.6 Å². The standard InChI is InChI=1S/C35H25NO4/c1-23-20-31-32(35(38)25-14-18-30(19-15-25)40-28-10-6-3-7-11-28)21-26(22-33(31)36-23)34(37)24-12-16-29(17-13-24)39-27-8-4-2-5-9-27/h2-19,21-22H,20H2,1H3. The number of hydrogen-bond donors (Lipinski definition) is 0. The average molecular weight is 524 g/mol. The molecule has 5 heteroatoms. The molecule has 194 valence electrons. The van der Waals surface area contributed by atoms with Crippen LogP contribution in [0.1, 0.15) is 44.3 Å². The highest BCUT2D eigenvalue weighted by molar-refractivity contribution is 6.16. The molecule has 0 radical (unpaired) electrons. The van der Waals surface area contributed by atoms with Crippen LogP contribution >= 0.6 is 0 Å². The Balaban J connectivity index is 1.26. The van der Waals surface area contributed by atoms with Crippen LogP contribution in [0.3, 0.4) is 0 Å². The Hall–Kier alpha value is -5.29. The van der Waals surface area contributed by atoms with Gasteiger partial charge in [0.1, 0.15) is 23.0 Å². The van der Waals surface area contributed by atoms with Crippen LogP contribution < -0.4 is 9.47 Å². The second kappa shape index (κ2) is 10.8. The van der Waals surface area contributed by atoms with Gasteiger partial charge in [-0.25, -0.2) is 0 Å². The zero-order valence-corrected chi connectivity index (χ0v) is 21.8. The molecule has 1 heterocycles. The van der Waals surface area contributed by atoms with E-state index in [1.165, 1.54) is 0 Å².